The van der Waals surface area contributed by atoms with Gasteiger partial charge in [-0.15, -0.1) is 0 Å². The van der Waals surface area contributed by atoms with Crippen molar-refractivity contribution in [3.05, 3.63) is 109 Å². The summed E-state index contributed by atoms with van der Waals surface area (Å²) in [7, 11) is 1.44. The lowest BCUT2D eigenvalue weighted by Crippen LogP contribution is -2.21. The Morgan fingerprint density at radius 3 is 2.23 bits per heavy atom. The molecule has 5 aromatic rings. The number of hydrogen-bond donors (Lipinski definition) is 1. The van der Waals surface area contributed by atoms with Crippen molar-refractivity contribution < 1.29 is 19.1 Å². The van der Waals surface area contributed by atoms with Gasteiger partial charge < -0.3 is 9.47 Å². The maximum atomic E-state index is 12.9. The van der Waals surface area contributed by atoms with Crippen LogP contribution in [0.3, 0.4) is 0 Å². The molecule has 8 nitrogen and oxygen atoms in total. The number of benzene rings is 3. The molecule has 1 amide bonds. The standard InChI is InChI=1S/C32H28N4O4/c1-21(22-6-4-3-5-7-22)40-31(38)35-29-28(34-27-20-33-18-19-36(27)29)25-10-8-23(9-11-25)24-12-14-26(15-13-24)32(16-17-32)30(37)39-2/h3-15,18-21H,16-17H2,1-2H3,(H,35,38)/t21-/m1/s1. The third kappa shape index (κ3) is 4.68. The van der Waals surface area contributed by atoms with Crippen molar-refractivity contribution >= 4 is 23.5 Å². The summed E-state index contributed by atoms with van der Waals surface area (Å²) < 4.78 is 12.4. The number of esters is 1. The van der Waals surface area contributed by atoms with E-state index in [1.165, 1.54) is 7.11 Å². The predicted octanol–water partition coefficient (Wildman–Crippen LogP) is 6.58. The van der Waals surface area contributed by atoms with Gasteiger partial charge in [-0.2, -0.15) is 0 Å². The third-order valence-corrected chi connectivity index (χ3v) is 7.46. The van der Waals surface area contributed by atoms with Crippen molar-refractivity contribution in [1.29, 1.82) is 0 Å². The molecule has 1 aliphatic carbocycles. The van der Waals surface area contributed by atoms with Crippen LogP contribution >= 0.6 is 0 Å². The number of methoxy groups -OCH3 is 1. The lowest BCUT2D eigenvalue weighted by atomic mass is 9.93. The van der Waals surface area contributed by atoms with Crippen LogP contribution in [0.15, 0.2) is 97.5 Å². The van der Waals surface area contributed by atoms with Gasteiger partial charge in [0, 0.05) is 18.0 Å². The van der Waals surface area contributed by atoms with E-state index in [1.54, 1.807) is 23.0 Å². The molecule has 6 rings (SSSR count). The fraction of sp³-hybridized carbons (Fsp3) is 0.188. The number of rotatable bonds is 7. The van der Waals surface area contributed by atoms with Crippen LogP contribution in [0.25, 0.3) is 28.0 Å². The van der Waals surface area contributed by atoms with Gasteiger partial charge in [0.2, 0.25) is 0 Å². The van der Waals surface area contributed by atoms with Crippen LogP contribution in [-0.4, -0.2) is 33.5 Å². The van der Waals surface area contributed by atoms with E-state index in [2.05, 4.69) is 10.3 Å². The van der Waals surface area contributed by atoms with Gasteiger partial charge in [-0.1, -0.05) is 78.9 Å². The number of anilines is 1. The average Bonchev–Trinajstić information content (AvgIpc) is 3.74. The number of ether oxygens (including phenoxy) is 2. The molecule has 0 aliphatic heterocycles. The van der Waals surface area contributed by atoms with Crippen molar-refractivity contribution in [2.75, 3.05) is 12.4 Å². The minimum atomic E-state index is -0.576. The molecule has 2 aromatic heterocycles. The maximum Gasteiger partial charge on any atom is 0.413 e. The highest BCUT2D eigenvalue weighted by Gasteiger charge is 2.52. The van der Waals surface area contributed by atoms with Gasteiger partial charge in [0.15, 0.2) is 5.65 Å². The maximum absolute atomic E-state index is 12.9. The highest BCUT2D eigenvalue weighted by Crippen LogP contribution is 2.49. The second-order valence-corrected chi connectivity index (χ2v) is 9.93. The minimum Gasteiger partial charge on any atom is -0.468 e. The fourth-order valence-corrected chi connectivity index (χ4v) is 5.04. The summed E-state index contributed by atoms with van der Waals surface area (Å²) in [5, 5.41) is 2.89. The number of nitrogens with one attached hydrogen (secondary N) is 1. The number of nitrogens with zero attached hydrogens (tertiary/aromatic N) is 3. The van der Waals surface area contributed by atoms with Crippen LogP contribution in [0, 0.1) is 0 Å². The molecule has 0 saturated heterocycles. The van der Waals surface area contributed by atoms with Crippen LogP contribution in [0.2, 0.25) is 0 Å². The molecule has 1 atom stereocenters. The molecule has 1 aliphatic rings. The molecule has 1 fully saturated rings. The largest absolute Gasteiger partial charge is 0.468 e. The van der Waals surface area contributed by atoms with Crippen LogP contribution < -0.4 is 5.32 Å². The van der Waals surface area contributed by atoms with E-state index in [0.29, 0.717) is 17.2 Å². The molecule has 1 N–H and O–H groups in total. The van der Waals surface area contributed by atoms with Crippen molar-refractivity contribution in [2.24, 2.45) is 0 Å². The number of imidazole rings is 1. The molecule has 40 heavy (non-hydrogen) atoms. The minimum absolute atomic E-state index is 0.171. The van der Waals surface area contributed by atoms with Gasteiger partial charge in [-0.25, -0.2) is 9.78 Å². The zero-order valence-electron chi connectivity index (χ0n) is 22.2. The number of hydrogen-bond acceptors (Lipinski definition) is 6. The van der Waals surface area contributed by atoms with E-state index in [1.807, 2.05) is 85.8 Å². The highest BCUT2D eigenvalue weighted by molar-refractivity contribution is 5.91. The quantitative estimate of drug-likeness (QED) is 0.238. The summed E-state index contributed by atoms with van der Waals surface area (Å²) >= 11 is 0. The third-order valence-electron chi connectivity index (χ3n) is 7.46. The number of carbonyl (C=O) groups excluding carboxylic acids is 2. The van der Waals surface area contributed by atoms with E-state index in [4.69, 9.17) is 14.5 Å². The molecule has 1 saturated carbocycles. The molecular formula is C32H28N4O4. The molecule has 8 heteroatoms. The van der Waals surface area contributed by atoms with Crippen molar-refractivity contribution in [3.63, 3.8) is 0 Å². The van der Waals surface area contributed by atoms with Crippen molar-refractivity contribution in [1.82, 2.24) is 14.4 Å². The Morgan fingerprint density at radius 2 is 1.57 bits per heavy atom. The number of carbonyl (C=O) groups is 2. The lowest BCUT2D eigenvalue weighted by molar-refractivity contribution is -0.143. The van der Waals surface area contributed by atoms with Gasteiger partial charge >= 0.3 is 12.1 Å². The summed E-state index contributed by atoms with van der Waals surface area (Å²) in [4.78, 5) is 34.0. The summed E-state index contributed by atoms with van der Waals surface area (Å²) in [6.07, 6.45) is 5.67. The van der Waals surface area contributed by atoms with Crippen molar-refractivity contribution in [2.45, 2.75) is 31.3 Å². The molecule has 0 radical (unpaired) electrons. The first-order chi connectivity index (χ1) is 19.5. The zero-order valence-corrected chi connectivity index (χ0v) is 22.2. The predicted molar refractivity (Wildman–Crippen MR) is 152 cm³/mol. The summed E-state index contributed by atoms with van der Waals surface area (Å²) in [5.74, 6) is 0.326. The normalized spacial score (nSPS) is 14.3. The molecule has 3 aromatic carbocycles. The average molecular weight is 533 g/mol. The summed E-state index contributed by atoms with van der Waals surface area (Å²) in [6.45, 7) is 1.83. The van der Waals surface area contributed by atoms with Gasteiger partial charge in [0.25, 0.3) is 0 Å². The van der Waals surface area contributed by atoms with Crippen LogP contribution in [0.5, 0.6) is 0 Å². The summed E-state index contributed by atoms with van der Waals surface area (Å²) in [5.41, 5.74) is 5.50. The monoisotopic (exact) mass is 532 g/mol. The molecule has 0 spiro atoms. The van der Waals surface area contributed by atoms with Gasteiger partial charge in [-0.05, 0) is 42.0 Å². The Bertz CT molecular complexity index is 1670. The zero-order chi connectivity index (χ0) is 27.7. The molecule has 0 unspecified atom stereocenters. The van der Waals surface area contributed by atoms with Gasteiger partial charge in [-0.3, -0.25) is 19.5 Å². The van der Waals surface area contributed by atoms with Crippen LogP contribution in [-0.2, 0) is 19.7 Å². The first-order valence-electron chi connectivity index (χ1n) is 13.1. The Kier molecular flexibility index (Phi) is 6.51. The van der Waals surface area contributed by atoms with E-state index >= 15 is 0 Å². The van der Waals surface area contributed by atoms with E-state index in [-0.39, 0.29) is 5.97 Å². The first-order valence-corrected chi connectivity index (χ1v) is 13.1. The molecule has 0 bridgehead atoms. The fourth-order valence-electron chi connectivity index (χ4n) is 5.04. The topological polar surface area (TPSA) is 94.8 Å². The SMILES string of the molecule is COC(=O)C1(c2ccc(-c3ccc(-c4nc5cnccn5c4NC(=O)O[C@H](C)c4ccccc4)cc3)cc2)CC1. The highest BCUT2D eigenvalue weighted by atomic mass is 16.6. The van der Waals surface area contributed by atoms with E-state index in [0.717, 1.165) is 40.7 Å². The lowest BCUT2D eigenvalue weighted by Gasteiger charge is -2.15. The second kappa shape index (κ2) is 10.3. The Labute approximate surface area is 231 Å². The van der Waals surface area contributed by atoms with Crippen LogP contribution in [0.1, 0.15) is 37.0 Å². The first kappa shape index (κ1) is 25.3. The Morgan fingerprint density at radius 1 is 0.925 bits per heavy atom. The Balaban J connectivity index is 1.25. The smallest absolute Gasteiger partial charge is 0.413 e. The molecule has 200 valence electrons. The van der Waals surface area contributed by atoms with Crippen LogP contribution in [0.4, 0.5) is 10.6 Å². The number of aromatic nitrogens is 3. The molecular weight excluding hydrogens is 504 g/mol. The van der Waals surface area contributed by atoms with Gasteiger partial charge in [0.1, 0.15) is 17.6 Å². The van der Waals surface area contributed by atoms with Gasteiger partial charge in [0.05, 0.1) is 18.7 Å². The molecule has 2 heterocycles. The van der Waals surface area contributed by atoms with E-state index in [9.17, 15) is 9.59 Å². The van der Waals surface area contributed by atoms with E-state index < -0.39 is 17.6 Å². The number of amides is 1. The Hall–Kier alpha value is -4.98. The van der Waals surface area contributed by atoms with Crippen molar-refractivity contribution in [3.8, 4) is 22.4 Å². The second-order valence-electron chi connectivity index (χ2n) is 9.93. The number of fused-ring (bicyclic) bond motifs is 1. The summed E-state index contributed by atoms with van der Waals surface area (Å²) in [6, 6.07) is 25.6.